The summed E-state index contributed by atoms with van der Waals surface area (Å²) in [5.74, 6) is 0.817. The summed E-state index contributed by atoms with van der Waals surface area (Å²) >= 11 is 0. The molecule has 3 aromatic rings. The van der Waals surface area contributed by atoms with Crippen LogP contribution in [0.1, 0.15) is 25.3 Å². The smallest absolute Gasteiger partial charge is 0.225 e. The standard InChI is InChI=1S/C21H26N6/c1-2-10-21(27-14-7-13-24-27,19-8-4-3-5-9-19)26-17-15-25(16-18-26)20-22-11-6-12-23-20/h3-9,11-14H,2,10,15-18H2,1H3. The second-order valence-electron chi connectivity index (χ2n) is 6.91. The molecule has 0 N–H and O–H groups in total. The van der Waals surface area contributed by atoms with Crippen molar-refractivity contribution in [2.45, 2.75) is 25.4 Å². The predicted molar refractivity (Wildman–Crippen MR) is 106 cm³/mol. The van der Waals surface area contributed by atoms with E-state index < -0.39 is 0 Å². The highest BCUT2D eigenvalue weighted by Crippen LogP contribution is 2.35. The lowest BCUT2D eigenvalue weighted by atomic mass is 9.91. The first kappa shape index (κ1) is 17.7. The lowest BCUT2D eigenvalue weighted by molar-refractivity contribution is 0.0290. The van der Waals surface area contributed by atoms with E-state index in [-0.39, 0.29) is 5.66 Å². The number of anilines is 1. The van der Waals surface area contributed by atoms with Gasteiger partial charge in [0.25, 0.3) is 0 Å². The number of nitrogens with zero attached hydrogens (tertiary/aromatic N) is 6. The first-order valence-corrected chi connectivity index (χ1v) is 9.67. The molecule has 6 heteroatoms. The Bertz CT molecular complexity index is 812. The lowest BCUT2D eigenvalue weighted by Gasteiger charge is -2.48. The van der Waals surface area contributed by atoms with Crippen molar-refractivity contribution in [2.75, 3.05) is 31.1 Å². The Hall–Kier alpha value is -2.73. The third kappa shape index (κ3) is 3.32. The molecule has 27 heavy (non-hydrogen) atoms. The van der Waals surface area contributed by atoms with Crippen molar-refractivity contribution >= 4 is 5.95 Å². The average molecular weight is 362 g/mol. The van der Waals surface area contributed by atoms with Crippen LogP contribution >= 0.6 is 0 Å². The van der Waals surface area contributed by atoms with Crippen molar-refractivity contribution in [3.63, 3.8) is 0 Å². The Kier molecular flexibility index (Phi) is 5.16. The third-order valence-corrected chi connectivity index (χ3v) is 5.36. The van der Waals surface area contributed by atoms with Gasteiger partial charge in [-0.1, -0.05) is 43.7 Å². The monoisotopic (exact) mass is 362 g/mol. The van der Waals surface area contributed by atoms with E-state index in [0.717, 1.165) is 45.0 Å². The Morgan fingerprint density at radius 1 is 0.889 bits per heavy atom. The molecule has 1 aliphatic heterocycles. The van der Waals surface area contributed by atoms with Crippen molar-refractivity contribution in [1.82, 2.24) is 24.6 Å². The van der Waals surface area contributed by atoms with Crippen LogP contribution in [0.15, 0.2) is 67.3 Å². The van der Waals surface area contributed by atoms with E-state index in [1.165, 1.54) is 5.56 Å². The first-order valence-electron chi connectivity index (χ1n) is 9.67. The van der Waals surface area contributed by atoms with Crippen LogP contribution in [0.3, 0.4) is 0 Å². The van der Waals surface area contributed by atoms with Crippen molar-refractivity contribution in [3.8, 4) is 0 Å². The van der Waals surface area contributed by atoms with E-state index in [1.54, 1.807) is 0 Å². The van der Waals surface area contributed by atoms with Crippen molar-refractivity contribution in [2.24, 2.45) is 0 Å². The zero-order valence-electron chi connectivity index (χ0n) is 15.8. The summed E-state index contributed by atoms with van der Waals surface area (Å²) in [5.41, 5.74) is 1.03. The van der Waals surface area contributed by atoms with Gasteiger partial charge in [0.15, 0.2) is 0 Å². The molecule has 0 amide bonds. The number of rotatable bonds is 6. The molecule has 4 rings (SSSR count). The summed E-state index contributed by atoms with van der Waals surface area (Å²) in [6, 6.07) is 14.6. The van der Waals surface area contributed by atoms with Gasteiger partial charge < -0.3 is 4.90 Å². The van der Waals surface area contributed by atoms with Gasteiger partial charge in [-0.2, -0.15) is 5.10 Å². The molecule has 6 nitrogen and oxygen atoms in total. The number of hydrogen-bond acceptors (Lipinski definition) is 5. The Balaban J connectivity index is 1.66. The largest absolute Gasteiger partial charge is 0.338 e. The van der Waals surface area contributed by atoms with Gasteiger partial charge in [0, 0.05) is 51.0 Å². The molecule has 0 bridgehead atoms. The molecule has 0 spiro atoms. The van der Waals surface area contributed by atoms with Crippen molar-refractivity contribution in [1.29, 1.82) is 0 Å². The first-order chi connectivity index (χ1) is 13.3. The number of piperazine rings is 1. The van der Waals surface area contributed by atoms with Crippen LogP contribution < -0.4 is 4.90 Å². The van der Waals surface area contributed by atoms with Crippen molar-refractivity contribution < 1.29 is 0 Å². The molecule has 1 aromatic carbocycles. The van der Waals surface area contributed by atoms with E-state index in [1.807, 2.05) is 30.7 Å². The summed E-state index contributed by atoms with van der Waals surface area (Å²) in [7, 11) is 0. The molecular weight excluding hydrogens is 336 g/mol. The maximum atomic E-state index is 4.67. The molecular formula is C21H26N6. The van der Waals surface area contributed by atoms with Crippen LogP contribution in [-0.2, 0) is 5.66 Å². The third-order valence-electron chi connectivity index (χ3n) is 5.36. The molecule has 1 unspecified atom stereocenters. The van der Waals surface area contributed by atoms with E-state index in [2.05, 4.69) is 73.0 Å². The van der Waals surface area contributed by atoms with Gasteiger partial charge in [-0.05, 0) is 24.1 Å². The Labute approximate surface area is 160 Å². The molecule has 1 saturated heterocycles. The summed E-state index contributed by atoms with van der Waals surface area (Å²) in [4.78, 5) is 13.7. The normalized spacial score (nSPS) is 17.6. The highest BCUT2D eigenvalue weighted by atomic mass is 15.5. The molecule has 0 aliphatic carbocycles. The molecule has 1 fully saturated rings. The minimum atomic E-state index is -0.261. The highest BCUT2D eigenvalue weighted by Gasteiger charge is 2.41. The number of hydrogen-bond donors (Lipinski definition) is 0. The van der Waals surface area contributed by atoms with Crippen LogP contribution in [-0.4, -0.2) is 50.8 Å². The summed E-state index contributed by atoms with van der Waals surface area (Å²) < 4.78 is 2.14. The number of aromatic nitrogens is 4. The molecule has 2 aromatic heterocycles. The van der Waals surface area contributed by atoms with Gasteiger partial charge in [-0.3, -0.25) is 4.90 Å². The molecule has 1 aliphatic rings. The second-order valence-corrected chi connectivity index (χ2v) is 6.91. The second kappa shape index (κ2) is 7.88. The van der Waals surface area contributed by atoms with E-state index in [9.17, 15) is 0 Å². The minimum absolute atomic E-state index is 0.261. The lowest BCUT2D eigenvalue weighted by Crippen LogP contribution is -2.59. The predicted octanol–water partition coefficient (Wildman–Crippen LogP) is 3.00. The maximum Gasteiger partial charge on any atom is 0.225 e. The van der Waals surface area contributed by atoms with Crippen LogP contribution in [0.4, 0.5) is 5.95 Å². The average Bonchev–Trinajstić information content (AvgIpc) is 3.29. The number of benzene rings is 1. The molecule has 3 heterocycles. The zero-order chi connectivity index (χ0) is 18.5. The molecule has 140 valence electrons. The van der Waals surface area contributed by atoms with E-state index in [4.69, 9.17) is 0 Å². The van der Waals surface area contributed by atoms with E-state index >= 15 is 0 Å². The Morgan fingerprint density at radius 2 is 1.63 bits per heavy atom. The van der Waals surface area contributed by atoms with Crippen LogP contribution in [0, 0.1) is 0 Å². The highest BCUT2D eigenvalue weighted by molar-refractivity contribution is 5.31. The minimum Gasteiger partial charge on any atom is -0.338 e. The van der Waals surface area contributed by atoms with Gasteiger partial charge in [0.1, 0.15) is 5.66 Å². The van der Waals surface area contributed by atoms with Crippen LogP contribution in [0.2, 0.25) is 0 Å². The van der Waals surface area contributed by atoms with Gasteiger partial charge >= 0.3 is 0 Å². The van der Waals surface area contributed by atoms with Gasteiger partial charge in [-0.25, -0.2) is 14.6 Å². The van der Waals surface area contributed by atoms with Crippen LogP contribution in [0.25, 0.3) is 0 Å². The molecule has 0 radical (unpaired) electrons. The van der Waals surface area contributed by atoms with E-state index in [0.29, 0.717) is 0 Å². The fourth-order valence-corrected chi connectivity index (χ4v) is 4.15. The van der Waals surface area contributed by atoms with Gasteiger partial charge in [0.05, 0.1) is 0 Å². The fraction of sp³-hybridized carbons (Fsp3) is 0.381. The molecule has 1 atom stereocenters. The quantitative estimate of drug-likeness (QED) is 0.675. The van der Waals surface area contributed by atoms with Gasteiger partial charge in [0.2, 0.25) is 5.95 Å². The summed E-state index contributed by atoms with van der Waals surface area (Å²) in [5, 5.41) is 4.67. The fourth-order valence-electron chi connectivity index (χ4n) is 4.15. The maximum absolute atomic E-state index is 4.67. The zero-order valence-corrected chi connectivity index (χ0v) is 15.8. The van der Waals surface area contributed by atoms with Crippen molar-refractivity contribution in [3.05, 3.63) is 72.8 Å². The van der Waals surface area contributed by atoms with Crippen LogP contribution in [0.5, 0.6) is 0 Å². The summed E-state index contributed by atoms with van der Waals surface area (Å²) in [6.45, 7) is 5.93. The topological polar surface area (TPSA) is 50.1 Å². The SMILES string of the molecule is CCCC(c1ccccc1)(N1CCN(c2ncccn2)CC1)n1cccn1. The Morgan fingerprint density at radius 3 is 2.26 bits per heavy atom. The summed E-state index contributed by atoms with van der Waals surface area (Å²) in [6.07, 6.45) is 9.68. The van der Waals surface area contributed by atoms with Gasteiger partial charge in [-0.15, -0.1) is 0 Å². The molecule has 0 saturated carbocycles.